The molecular formula is C17H25N3O5. The van der Waals surface area contributed by atoms with E-state index in [-0.39, 0.29) is 17.6 Å². The lowest BCUT2D eigenvalue weighted by Gasteiger charge is -2.32. The molecule has 0 aliphatic carbocycles. The molecule has 1 aromatic rings. The maximum Gasteiger partial charge on any atom is 0.266 e. The van der Waals surface area contributed by atoms with Gasteiger partial charge in [0, 0.05) is 25.9 Å². The van der Waals surface area contributed by atoms with Crippen LogP contribution in [0.3, 0.4) is 0 Å². The molecule has 0 radical (unpaired) electrons. The van der Waals surface area contributed by atoms with E-state index in [1.807, 2.05) is 0 Å². The van der Waals surface area contributed by atoms with Gasteiger partial charge in [0.15, 0.2) is 0 Å². The summed E-state index contributed by atoms with van der Waals surface area (Å²) in [6.07, 6.45) is 3.46. The molecule has 2 aliphatic heterocycles. The lowest BCUT2D eigenvalue weighted by Crippen LogP contribution is -2.47. The van der Waals surface area contributed by atoms with Crippen molar-refractivity contribution >= 4 is 5.91 Å². The highest BCUT2D eigenvalue weighted by Gasteiger charge is 2.44. The van der Waals surface area contributed by atoms with Crippen LogP contribution < -0.4 is 5.56 Å². The third kappa shape index (κ3) is 4.45. The van der Waals surface area contributed by atoms with Crippen molar-refractivity contribution in [1.29, 1.82) is 0 Å². The van der Waals surface area contributed by atoms with E-state index in [4.69, 9.17) is 14.2 Å². The number of hydrogen-bond donors (Lipinski definition) is 0. The van der Waals surface area contributed by atoms with Gasteiger partial charge in [-0.15, -0.1) is 0 Å². The topological polar surface area (TPSA) is 82.9 Å². The van der Waals surface area contributed by atoms with Crippen LogP contribution >= 0.6 is 0 Å². The summed E-state index contributed by atoms with van der Waals surface area (Å²) in [5.74, 6) is 0.0553. The van der Waals surface area contributed by atoms with E-state index in [1.54, 1.807) is 24.3 Å². The van der Waals surface area contributed by atoms with Gasteiger partial charge < -0.3 is 19.1 Å². The highest BCUT2D eigenvalue weighted by Crippen LogP contribution is 2.33. The summed E-state index contributed by atoms with van der Waals surface area (Å²) in [5.41, 5.74) is -0.636. The number of rotatable bonds is 5. The summed E-state index contributed by atoms with van der Waals surface area (Å²) in [5, 5.41) is 4.09. The minimum absolute atomic E-state index is 0.0553. The number of carbonyl (C=O) groups excluding carboxylic acids is 1. The van der Waals surface area contributed by atoms with E-state index in [2.05, 4.69) is 5.10 Å². The molecule has 2 atom stereocenters. The summed E-state index contributed by atoms with van der Waals surface area (Å²) in [6.45, 7) is 2.89. The summed E-state index contributed by atoms with van der Waals surface area (Å²) in [6, 6.07) is 3.11. The van der Waals surface area contributed by atoms with Gasteiger partial charge in [0.1, 0.15) is 5.60 Å². The van der Waals surface area contributed by atoms with Crippen LogP contribution in [-0.4, -0.2) is 72.3 Å². The molecule has 2 saturated heterocycles. The summed E-state index contributed by atoms with van der Waals surface area (Å²) in [4.78, 5) is 26.0. The standard InChI is InChI=1S/C17H25N3O5/c1-23-9-5-15(21)19-8-10-24-13-17(12-19)6-4-14(25-17)11-20-16(22)3-2-7-18-20/h2-3,7,14H,4-6,8-13H2,1H3. The van der Waals surface area contributed by atoms with E-state index in [1.165, 1.54) is 10.7 Å². The molecule has 138 valence electrons. The Labute approximate surface area is 146 Å². The van der Waals surface area contributed by atoms with Crippen LogP contribution in [0, 0.1) is 0 Å². The zero-order valence-corrected chi connectivity index (χ0v) is 14.6. The highest BCUT2D eigenvalue weighted by molar-refractivity contribution is 5.76. The lowest BCUT2D eigenvalue weighted by molar-refractivity contribution is -0.137. The Hall–Kier alpha value is -1.77. The molecule has 0 bridgehead atoms. The van der Waals surface area contributed by atoms with Crippen molar-refractivity contribution in [1.82, 2.24) is 14.7 Å². The first-order chi connectivity index (χ1) is 12.1. The first kappa shape index (κ1) is 18.0. The van der Waals surface area contributed by atoms with Crippen molar-refractivity contribution in [3.63, 3.8) is 0 Å². The fraction of sp³-hybridized carbons (Fsp3) is 0.706. The Morgan fingerprint density at radius 1 is 1.52 bits per heavy atom. The van der Waals surface area contributed by atoms with Gasteiger partial charge in [-0.1, -0.05) is 0 Å². The molecule has 1 aromatic heterocycles. The summed E-state index contributed by atoms with van der Waals surface area (Å²) in [7, 11) is 1.59. The average molecular weight is 351 g/mol. The number of hydrogen-bond acceptors (Lipinski definition) is 6. The molecule has 25 heavy (non-hydrogen) atoms. The zero-order chi connectivity index (χ0) is 17.7. The SMILES string of the molecule is COCCC(=O)N1CCOCC2(CCC(Cn3ncccc3=O)O2)C1. The van der Waals surface area contributed by atoms with Crippen molar-refractivity contribution in [2.24, 2.45) is 0 Å². The first-order valence-electron chi connectivity index (χ1n) is 8.66. The number of amides is 1. The van der Waals surface area contributed by atoms with Crippen LogP contribution in [0.25, 0.3) is 0 Å². The third-order valence-electron chi connectivity index (χ3n) is 4.72. The molecule has 0 aromatic carbocycles. The fourth-order valence-corrected chi connectivity index (χ4v) is 3.43. The minimum atomic E-state index is -0.498. The van der Waals surface area contributed by atoms with Gasteiger partial charge in [-0.3, -0.25) is 9.59 Å². The Balaban J connectivity index is 1.64. The maximum absolute atomic E-state index is 12.3. The molecular weight excluding hydrogens is 326 g/mol. The summed E-state index contributed by atoms with van der Waals surface area (Å²) < 4.78 is 18.4. The van der Waals surface area contributed by atoms with Crippen LogP contribution in [0.5, 0.6) is 0 Å². The van der Waals surface area contributed by atoms with Crippen molar-refractivity contribution in [3.05, 3.63) is 28.7 Å². The Morgan fingerprint density at radius 2 is 2.40 bits per heavy atom. The molecule has 2 fully saturated rings. The third-order valence-corrected chi connectivity index (χ3v) is 4.72. The minimum Gasteiger partial charge on any atom is -0.384 e. The quantitative estimate of drug-likeness (QED) is 0.746. The molecule has 3 heterocycles. The Kier molecular flexibility index (Phi) is 5.82. The predicted octanol–water partition coefficient (Wildman–Crippen LogP) is 0.0564. The highest BCUT2D eigenvalue weighted by atomic mass is 16.6. The number of aromatic nitrogens is 2. The largest absolute Gasteiger partial charge is 0.384 e. The molecule has 3 rings (SSSR count). The molecule has 0 saturated carbocycles. The molecule has 1 amide bonds. The monoisotopic (exact) mass is 351 g/mol. The van der Waals surface area contributed by atoms with Gasteiger partial charge in [-0.2, -0.15) is 5.10 Å². The zero-order valence-electron chi connectivity index (χ0n) is 14.6. The number of ether oxygens (including phenoxy) is 3. The summed E-state index contributed by atoms with van der Waals surface area (Å²) >= 11 is 0. The molecule has 2 aliphatic rings. The van der Waals surface area contributed by atoms with E-state index in [0.717, 1.165) is 12.8 Å². The van der Waals surface area contributed by atoms with Crippen molar-refractivity contribution in [2.75, 3.05) is 40.0 Å². The predicted molar refractivity (Wildman–Crippen MR) is 89.2 cm³/mol. The second-order valence-corrected chi connectivity index (χ2v) is 6.62. The second kappa shape index (κ2) is 8.07. The van der Waals surface area contributed by atoms with E-state index in [0.29, 0.717) is 45.9 Å². The Bertz CT molecular complexity index is 649. The van der Waals surface area contributed by atoms with Gasteiger partial charge in [-0.25, -0.2) is 4.68 Å². The molecule has 2 unspecified atom stereocenters. The molecule has 8 nitrogen and oxygen atoms in total. The number of methoxy groups -OCH3 is 1. The average Bonchev–Trinajstić information content (AvgIpc) is 2.87. The first-order valence-corrected chi connectivity index (χ1v) is 8.66. The van der Waals surface area contributed by atoms with Crippen LogP contribution in [0.1, 0.15) is 19.3 Å². The van der Waals surface area contributed by atoms with Gasteiger partial charge in [0.2, 0.25) is 5.91 Å². The van der Waals surface area contributed by atoms with Crippen LogP contribution in [0.15, 0.2) is 23.1 Å². The van der Waals surface area contributed by atoms with Crippen molar-refractivity contribution in [2.45, 2.75) is 37.5 Å². The number of nitrogens with zero attached hydrogens (tertiary/aromatic N) is 3. The van der Waals surface area contributed by atoms with E-state index >= 15 is 0 Å². The van der Waals surface area contributed by atoms with Gasteiger partial charge in [-0.05, 0) is 18.9 Å². The van der Waals surface area contributed by atoms with Gasteiger partial charge >= 0.3 is 0 Å². The van der Waals surface area contributed by atoms with E-state index in [9.17, 15) is 9.59 Å². The Morgan fingerprint density at radius 3 is 3.20 bits per heavy atom. The van der Waals surface area contributed by atoms with Crippen LogP contribution in [0.2, 0.25) is 0 Å². The molecule has 8 heteroatoms. The lowest BCUT2D eigenvalue weighted by atomic mass is 10.00. The number of carbonyl (C=O) groups is 1. The fourth-order valence-electron chi connectivity index (χ4n) is 3.43. The maximum atomic E-state index is 12.3. The van der Waals surface area contributed by atoms with E-state index < -0.39 is 5.60 Å². The van der Waals surface area contributed by atoms with Crippen molar-refractivity contribution in [3.8, 4) is 0 Å². The van der Waals surface area contributed by atoms with Crippen LogP contribution in [-0.2, 0) is 25.5 Å². The molecule has 0 N–H and O–H groups in total. The smallest absolute Gasteiger partial charge is 0.266 e. The van der Waals surface area contributed by atoms with Crippen molar-refractivity contribution < 1.29 is 19.0 Å². The van der Waals surface area contributed by atoms with Gasteiger partial charge in [0.25, 0.3) is 5.56 Å². The van der Waals surface area contributed by atoms with Crippen LogP contribution in [0.4, 0.5) is 0 Å². The second-order valence-electron chi connectivity index (χ2n) is 6.62. The normalized spacial score (nSPS) is 26.8. The molecule has 1 spiro atoms. The van der Waals surface area contributed by atoms with Gasteiger partial charge in [0.05, 0.1) is 45.4 Å².